The summed E-state index contributed by atoms with van der Waals surface area (Å²) in [6.07, 6.45) is 5.15. The van der Waals surface area contributed by atoms with Gasteiger partial charge >= 0.3 is 0 Å². The molecule has 0 saturated carbocycles. The van der Waals surface area contributed by atoms with Crippen molar-refractivity contribution in [1.82, 2.24) is 15.2 Å². The van der Waals surface area contributed by atoms with E-state index < -0.39 is 11.6 Å². The number of aryl methyl sites for hydroxylation is 1. The van der Waals surface area contributed by atoms with Crippen LogP contribution in [0.25, 0.3) is 11.3 Å². The quantitative estimate of drug-likeness (QED) is 0.489. The number of aromatic nitrogens is 3. The molecule has 1 saturated heterocycles. The lowest BCUT2D eigenvalue weighted by Crippen LogP contribution is -2.54. The van der Waals surface area contributed by atoms with Crippen molar-refractivity contribution in [2.24, 2.45) is 0 Å². The summed E-state index contributed by atoms with van der Waals surface area (Å²) in [5.74, 6) is -1.01. The predicted molar refractivity (Wildman–Crippen MR) is 125 cm³/mol. The Hall–Kier alpha value is -2.87. The molecule has 8 heteroatoms. The molecule has 0 N–H and O–H groups in total. The zero-order valence-corrected chi connectivity index (χ0v) is 19.9. The molecule has 1 aliphatic carbocycles. The van der Waals surface area contributed by atoms with Crippen LogP contribution in [0.5, 0.6) is 0 Å². The average Bonchev–Trinajstić information content (AvgIpc) is 3.29. The van der Waals surface area contributed by atoms with E-state index in [1.807, 2.05) is 13.0 Å². The molecule has 0 unspecified atom stereocenters. The lowest BCUT2D eigenvalue weighted by Gasteiger charge is -2.47. The normalized spacial score (nSPS) is 24.8. The Labute approximate surface area is 198 Å². The SMILES string of the molecule is CC[C@H]1CC[C@](CC)([C@H]2CN(c3nc(C)co3)CCO2)c2nnc(-c3c(F)cccc3F)cc21. The van der Waals surface area contributed by atoms with Crippen LogP contribution in [0.15, 0.2) is 34.9 Å². The Morgan fingerprint density at radius 3 is 2.65 bits per heavy atom. The maximum atomic E-state index is 14.5. The van der Waals surface area contributed by atoms with Crippen molar-refractivity contribution in [3.05, 3.63) is 59.1 Å². The molecule has 1 fully saturated rings. The number of rotatable bonds is 5. The van der Waals surface area contributed by atoms with Crippen molar-refractivity contribution in [3.8, 4) is 11.3 Å². The Morgan fingerprint density at radius 2 is 1.97 bits per heavy atom. The molecule has 2 aliphatic rings. The van der Waals surface area contributed by atoms with Gasteiger partial charge in [-0.3, -0.25) is 0 Å². The summed E-state index contributed by atoms with van der Waals surface area (Å²) >= 11 is 0. The number of ether oxygens (including phenoxy) is 1. The molecular formula is C26H30F2N4O2. The summed E-state index contributed by atoms with van der Waals surface area (Å²) in [6.45, 7) is 8.10. The number of morpholine rings is 1. The van der Waals surface area contributed by atoms with E-state index in [1.165, 1.54) is 18.2 Å². The number of hydrogen-bond acceptors (Lipinski definition) is 6. The second-order valence-corrected chi connectivity index (χ2v) is 9.36. The van der Waals surface area contributed by atoms with Crippen LogP contribution in [0.2, 0.25) is 0 Å². The van der Waals surface area contributed by atoms with E-state index in [9.17, 15) is 8.78 Å². The molecule has 2 aromatic heterocycles. The van der Waals surface area contributed by atoms with Crippen LogP contribution in [0.1, 0.15) is 62.4 Å². The first-order valence-electron chi connectivity index (χ1n) is 12.1. The van der Waals surface area contributed by atoms with E-state index >= 15 is 0 Å². The van der Waals surface area contributed by atoms with Gasteiger partial charge in [-0.15, -0.1) is 0 Å². The van der Waals surface area contributed by atoms with Gasteiger partial charge in [0.15, 0.2) is 0 Å². The Kier molecular flexibility index (Phi) is 6.10. The van der Waals surface area contributed by atoms with Crippen LogP contribution in [0, 0.1) is 18.6 Å². The number of halogens is 2. The first-order valence-corrected chi connectivity index (χ1v) is 12.1. The van der Waals surface area contributed by atoms with Crippen LogP contribution in [-0.2, 0) is 10.2 Å². The number of fused-ring (bicyclic) bond motifs is 1. The molecule has 6 nitrogen and oxygen atoms in total. The first-order chi connectivity index (χ1) is 16.5. The summed E-state index contributed by atoms with van der Waals surface area (Å²) in [4.78, 5) is 6.62. The molecule has 0 amide bonds. The maximum absolute atomic E-state index is 14.5. The average molecular weight is 469 g/mol. The molecule has 180 valence electrons. The fraction of sp³-hybridized carbons (Fsp3) is 0.500. The molecule has 3 atom stereocenters. The third-order valence-electron chi connectivity index (χ3n) is 7.58. The minimum absolute atomic E-state index is 0.125. The Morgan fingerprint density at radius 1 is 1.18 bits per heavy atom. The van der Waals surface area contributed by atoms with Crippen LogP contribution in [0.4, 0.5) is 14.8 Å². The number of hydrogen-bond donors (Lipinski definition) is 0. The highest BCUT2D eigenvalue weighted by atomic mass is 19.1. The molecule has 5 rings (SSSR count). The van der Waals surface area contributed by atoms with E-state index in [0.29, 0.717) is 25.7 Å². The largest absolute Gasteiger partial charge is 0.432 e. The molecule has 1 aliphatic heterocycles. The minimum Gasteiger partial charge on any atom is -0.432 e. The molecule has 3 heterocycles. The molecule has 0 radical (unpaired) electrons. The van der Waals surface area contributed by atoms with E-state index in [-0.39, 0.29) is 28.7 Å². The lowest BCUT2D eigenvalue weighted by molar-refractivity contribution is -0.0272. The van der Waals surface area contributed by atoms with Crippen molar-refractivity contribution >= 4 is 6.01 Å². The molecule has 1 aromatic carbocycles. The van der Waals surface area contributed by atoms with Crippen molar-refractivity contribution < 1.29 is 17.9 Å². The van der Waals surface area contributed by atoms with Gasteiger partial charge in [-0.25, -0.2) is 8.78 Å². The van der Waals surface area contributed by atoms with Crippen molar-refractivity contribution in [1.29, 1.82) is 0 Å². The van der Waals surface area contributed by atoms with Crippen LogP contribution >= 0.6 is 0 Å². The van der Waals surface area contributed by atoms with Crippen LogP contribution in [-0.4, -0.2) is 41.0 Å². The summed E-state index contributed by atoms with van der Waals surface area (Å²) < 4.78 is 41.0. The topological polar surface area (TPSA) is 64.3 Å². The highest BCUT2D eigenvalue weighted by molar-refractivity contribution is 5.62. The van der Waals surface area contributed by atoms with Crippen molar-refractivity contribution in [2.45, 2.75) is 63.9 Å². The van der Waals surface area contributed by atoms with Gasteiger partial charge in [-0.2, -0.15) is 15.2 Å². The van der Waals surface area contributed by atoms with Gasteiger partial charge in [0, 0.05) is 18.5 Å². The van der Waals surface area contributed by atoms with Gasteiger partial charge in [-0.1, -0.05) is 19.9 Å². The zero-order valence-electron chi connectivity index (χ0n) is 19.9. The van der Waals surface area contributed by atoms with Gasteiger partial charge in [0.2, 0.25) is 0 Å². The van der Waals surface area contributed by atoms with Crippen molar-refractivity contribution in [2.75, 3.05) is 24.6 Å². The summed E-state index contributed by atoms with van der Waals surface area (Å²) in [7, 11) is 0. The summed E-state index contributed by atoms with van der Waals surface area (Å²) in [5.41, 5.74) is 2.53. The smallest absolute Gasteiger partial charge is 0.297 e. The number of anilines is 1. The van der Waals surface area contributed by atoms with Gasteiger partial charge in [-0.05, 0) is 62.3 Å². The van der Waals surface area contributed by atoms with Gasteiger partial charge < -0.3 is 14.1 Å². The van der Waals surface area contributed by atoms with E-state index in [4.69, 9.17) is 9.15 Å². The van der Waals surface area contributed by atoms with Gasteiger partial charge in [0.05, 0.1) is 35.4 Å². The second-order valence-electron chi connectivity index (χ2n) is 9.36. The zero-order chi connectivity index (χ0) is 23.9. The molecule has 3 aromatic rings. The first kappa shape index (κ1) is 22.9. The van der Waals surface area contributed by atoms with Crippen LogP contribution in [0.3, 0.4) is 0 Å². The Balaban J connectivity index is 1.56. The van der Waals surface area contributed by atoms with E-state index in [2.05, 4.69) is 33.9 Å². The number of nitrogens with zero attached hydrogens (tertiary/aromatic N) is 4. The molecule has 0 spiro atoms. The van der Waals surface area contributed by atoms with Gasteiger partial charge in [0.25, 0.3) is 6.01 Å². The fourth-order valence-electron chi connectivity index (χ4n) is 5.63. The molecule has 0 bridgehead atoms. The maximum Gasteiger partial charge on any atom is 0.297 e. The standard InChI is InChI=1S/C26H30F2N4O2/c1-4-17-9-10-26(5-2,22-14-32(11-12-33-22)25-29-16(3)15-34-25)24-18(17)13-21(30-31-24)23-19(27)7-6-8-20(23)28/h6-8,13,15,17,22H,4-5,9-12,14H2,1-3H3/t17-,22+,26+/m0/s1. The second kappa shape index (κ2) is 9.06. The third-order valence-corrected chi connectivity index (χ3v) is 7.58. The number of oxazole rings is 1. The van der Waals surface area contributed by atoms with Crippen LogP contribution < -0.4 is 4.90 Å². The molecular weight excluding hydrogens is 438 g/mol. The third kappa shape index (κ3) is 3.78. The van der Waals surface area contributed by atoms with E-state index in [0.717, 1.165) is 42.6 Å². The minimum atomic E-state index is -0.632. The lowest BCUT2D eigenvalue weighted by atomic mass is 9.64. The van der Waals surface area contributed by atoms with Crippen molar-refractivity contribution in [3.63, 3.8) is 0 Å². The predicted octanol–water partition coefficient (Wildman–Crippen LogP) is 5.56. The summed E-state index contributed by atoms with van der Waals surface area (Å²) in [5, 5.41) is 9.00. The van der Waals surface area contributed by atoms with Gasteiger partial charge in [0.1, 0.15) is 17.9 Å². The fourth-order valence-corrected chi connectivity index (χ4v) is 5.63. The highest BCUT2D eigenvalue weighted by Gasteiger charge is 2.48. The summed E-state index contributed by atoms with van der Waals surface area (Å²) in [6, 6.07) is 6.32. The van der Waals surface area contributed by atoms with E-state index in [1.54, 1.807) is 6.26 Å². The monoisotopic (exact) mass is 468 g/mol. The number of benzene rings is 1. The highest BCUT2D eigenvalue weighted by Crippen LogP contribution is 2.49. The Bertz CT molecular complexity index is 1160. The molecule has 34 heavy (non-hydrogen) atoms.